The van der Waals surface area contributed by atoms with Crippen molar-refractivity contribution in [2.75, 3.05) is 0 Å². The topological polar surface area (TPSA) is 46.5 Å². The van der Waals surface area contributed by atoms with Crippen LogP contribution in [0.25, 0.3) is 0 Å². The lowest BCUT2D eigenvalue weighted by Crippen LogP contribution is -2.48. The van der Waals surface area contributed by atoms with Gasteiger partial charge in [0, 0.05) is 18.3 Å². The van der Waals surface area contributed by atoms with Gasteiger partial charge in [0.15, 0.2) is 12.1 Å². The van der Waals surface area contributed by atoms with Gasteiger partial charge < -0.3 is 9.84 Å². The molecule has 0 aromatic heterocycles. The Hall–Kier alpha value is -0.670. The number of aliphatic hydroxyl groups is 1. The van der Waals surface area contributed by atoms with Crippen LogP contribution in [0.2, 0.25) is 0 Å². The molecule has 6 unspecified atom stereocenters. The second-order valence-electron chi connectivity index (χ2n) is 6.51. The Bertz CT molecular complexity index is 414. The van der Waals surface area contributed by atoms with Gasteiger partial charge in [-0.1, -0.05) is 26.3 Å². The Morgan fingerprint density at radius 3 is 2.89 bits per heavy atom. The maximum absolute atomic E-state index is 11.8. The first-order valence-electron chi connectivity index (χ1n) is 7.02. The van der Waals surface area contributed by atoms with Crippen molar-refractivity contribution in [1.82, 2.24) is 0 Å². The molecule has 3 nitrogen and oxygen atoms in total. The molecule has 3 aliphatic rings. The van der Waals surface area contributed by atoms with E-state index < -0.39 is 6.29 Å². The highest BCUT2D eigenvalue weighted by molar-refractivity contribution is 5.92. The SMILES string of the molecule is CC1C(O)OC2CCC3=CC(=O)CC(C)C3(C)C21. The highest BCUT2D eigenvalue weighted by Crippen LogP contribution is 2.58. The van der Waals surface area contributed by atoms with Gasteiger partial charge in [-0.15, -0.1) is 0 Å². The minimum atomic E-state index is -0.638. The number of carbonyl (C=O) groups excluding carboxylic acids is 1. The third-order valence-electron chi connectivity index (χ3n) is 5.68. The molecular weight excluding hydrogens is 228 g/mol. The standard InChI is InChI=1S/C15H22O3/c1-8-6-11(16)7-10-4-5-12-13(15(8,10)3)9(2)14(17)18-12/h7-9,12-14,17H,4-6H2,1-3H3. The summed E-state index contributed by atoms with van der Waals surface area (Å²) in [5.74, 6) is 1.10. The maximum atomic E-state index is 11.8. The number of ether oxygens (including phenoxy) is 1. The van der Waals surface area contributed by atoms with Gasteiger partial charge in [0.1, 0.15) is 0 Å². The van der Waals surface area contributed by atoms with Crippen molar-refractivity contribution in [3.63, 3.8) is 0 Å². The predicted molar refractivity (Wildman–Crippen MR) is 67.7 cm³/mol. The van der Waals surface area contributed by atoms with Gasteiger partial charge >= 0.3 is 0 Å². The number of aliphatic hydroxyl groups excluding tert-OH is 1. The van der Waals surface area contributed by atoms with Gasteiger partial charge in [-0.2, -0.15) is 0 Å². The molecular formula is C15H22O3. The van der Waals surface area contributed by atoms with Gasteiger partial charge in [0.2, 0.25) is 0 Å². The van der Waals surface area contributed by atoms with Crippen LogP contribution in [0.15, 0.2) is 11.6 Å². The van der Waals surface area contributed by atoms with Gasteiger partial charge in [-0.25, -0.2) is 0 Å². The lowest BCUT2D eigenvalue weighted by Gasteiger charge is -2.51. The van der Waals surface area contributed by atoms with Crippen LogP contribution in [0.1, 0.15) is 40.0 Å². The molecule has 3 rings (SSSR count). The van der Waals surface area contributed by atoms with Crippen molar-refractivity contribution in [3.8, 4) is 0 Å². The Morgan fingerprint density at radius 2 is 2.17 bits per heavy atom. The largest absolute Gasteiger partial charge is 0.368 e. The molecule has 2 fully saturated rings. The zero-order valence-corrected chi connectivity index (χ0v) is 11.3. The van der Waals surface area contributed by atoms with Gasteiger partial charge in [0.05, 0.1) is 6.10 Å². The maximum Gasteiger partial charge on any atom is 0.157 e. The minimum Gasteiger partial charge on any atom is -0.368 e. The Kier molecular flexibility index (Phi) is 2.69. The summed E-state index contributed by atoms with van der Waals surface area (Å²) in [6.45, 7) is 6.52. The van der Waals surface area contributed by atoms with E-state index in [-0.39, 0.29) is 23.2 Å². The van der Waals surface area contributed by atoms with E-state index in [9.17, 15) is 9.90 Å². The monoisotopic (exact) mass is 250 g/mol. The molecule has 0 aromatic rings. The van der Waals surface area contributed by atoms with Crippen molar-refractivity contribution >= 4 is 5.78 Å². The van der Waals surface area contributed by atoms with Crippen LogP contribution in [0.3, 0.4) is 0 Å². The van der Waals surface area contributed by atoms with Crippen molar-refractivity contribution in [1.29, 1.82) is 0 Å². The summed E-state index contributed by atoms with van der Waals surface area (Å²) in [4.78, 5) is 11.8. The average Bonchev–Trinajstić information content (AvgIpc) is 2.58. The number of allylic oxidation sites excluding steroid dienone is 2. The van der Waals surface area contributed by atoms with E-state index >= 15 is 0 Å². The van der Waals surface area contributed by atoms with Crippen LogP contribution in [0, 0.1) is 23.2 Å². The van der Waals surface area contributed by atoms with Crippen molar-refractivity contribution in [2.24, 2.45) is 23.2 Å². The average molecular weight is 250 g/mol. The lowest BCUT2D eigenvalue weighted by molar-refractivity contribution is -0.120. The molecule has 1 saturated heterocycles. The molecule has 0 aromatic carbocycles. The molecule has 3 heteroatoms. The summed E-state index contributed by atoms with van der Waals surface area (Å²) >= 11 is 0. The molecule has 1 saturated carbocycles. The lowest BCUT2D eigenvalue weighted by atomic mass is 9.53. The fraction of sp³-hybridized carbons (Fsp3) is 0.800. The minimum absolute atomic E-state index is 0.0216. The molecule has 0 amide bonds. The second-order valence-corrected chi connectivity index (χ2v) is 6.51. The van der Waals surface area contributed by atoms with Crippen LogP contribution in [0.4, 0.5) is 0 Å². The summed E-state index contributed by atoms with van der Waals surface area (Å²) < 4.78 is 5.71. The fourth-order valence-electron chi connectivity index (χ4n) is 4.50. The normalized spacial score (nSPS) is 51.7. The molecule has 1 aliphatic heterocycles. The molecule has 2 aliphatic carbocycles. The summed E-state index contributed by atoms with van der Waals surface area (Å²) in [5, 5.41) is 9.96. The molecule has 1 N–H and O–H groups in total. The van der Waals surface area contributed by atoms with E-state index in [2.05, 4.69) is 20.8 Å². The molecule has 0 radical (unpaired) electrons. The number of carbonyl (C=O) groups is 1. The van der Waals surface area contributed by atoms with E-state index in [1.54, 1.807) is 0 Å². The number of fused-ring (bicyclic) bond motifs is 3. The van der Waals surface area contributed by atoms with Crippen molar-refractivity contribution in [2.45, 2.75) is 52.4 Å². The third kappa shape index (κ3) is 1.47. The Labute approximate surface area is 108 Å². The van der Waals surface area contributed by atoms with E-state index in [1.165, 1.54) is 5.57 Å². The van der Waals surface area contributed by atoms with Crippen molar-refractivity contribution in [3.05, 3.63) is 11.6 Å². The molecule has 0 spiro atoms. The molecule has 0 bridgehead atoms. The molecule has 1 heterocycles. The summed E-state index contributed by atoms with van der Waals surface area (Å²) in [6, 6.07) is 0. The zero-order chi connectivity index (χ0) is 13.1. The number of hydrogen-bond acceptors (Lipinski definition) is 3. The number of hydrogen-bond donors (Lipinski definition) is 1. The first-order chi connectivity index (χ1) is 8.44. The van der Waals surface area contributed by atoms with Gasteiger partial charge in [-0.05, 0) is 30.3 Å². The number of rotatable bonds is 0. The summed E-state index contributed by atoms with van der Waals surface area (Å²) in [5.41, 5.74) is 1.31. The van der Waals surface area contributed by atoms with E-state index in [0.717, 1.165) is 12.8 Å². The van der Waals surface area contributed by atoms with E-state index in [1.807, 2.05) is 6.08 Å². The highest BCUT2D eigenvalue weighted by Gasteiger charge is 2.57. The smallest absolute Gasteiger partial charge is 0.157 e. The zero-order valence-electron chi connectivity index (χ0n) is 11.3. The van der Waals surface area contributed by atoms with Gasteiger partial charge in [0.25, 0.3) is 0 Å². The summed E-state index contributed by atoms with van der Waals surface area (Å²) in [7, 11) is 0. The van der Waals surface area contributed by atoms with E-state index in [0.29, 0.717) is 18.3 Å². The predicted octanol–water partition coefficient (Wildman–Crippen LogP) is 2.29. The van der Waals surface area contributed by atoms with Gasteiger partial charge in [-0.3, -0.25) is 4.79 Å². The number of ketones is 1. The summed E-state index contributed by atoms with van der Waals surface area (Å²) in [6.07, 6.45) is 3.90. The van der Waals surface area contributed by atoms with Crippen LogP contribution >= 0.6 is 0 Å². The van der Waals surface area contributed by atoms with Crippen molar-refractivity contribution < 1.29 is 14.6 Å². The highest BCUT2D eigenvalue weighted by atomic mass is 16.6. The molecule has 18 heavy (non-hydrogen) atoms. The Balaban J connectivity index is 2.05. The second kappa shape index (κ2) is 3.91. The molecule has 6 atom stereocenters. The first kappa shape index (κ1) is 12.4. The van der Waals surface area contributed by atoms with Crippen LogP contribution in [-0.2, 0) is 9.53 Å². The van der Waals surface area contributed by atoms with Crippen LogP contribution < -0.4 is 0 Å². The van der Waals surface area contributed by atoms with Crippen LogP contribution in [0.5, 0.6) is 0 Å². The quantitative estimate of drug-likeness (QED) is 0.717. The third-order valence-corrected chi connectivity index (χ3v) is 5.68. The molecule has 100 valence electrons. The fourth-order valence-corrected chi connectivity index (χ4v) is 4.50. The first-order valence-corrected chi connectivity index (χ1v) is 7.02. The van der Waals surface area contributed by atoms with E-state index in [4.69, 9.17) is 4.74 Å². The van der Waals surface area contributed by atoms with Crippen LogP contribution in [-0.4, -0.2) is 23.3 Å². The Morgan fingerprint density at radius 1 is 1.44 bits per heavy atom.